The zero-order valence-electron chi connectivity index (χ0n) is 22.1. The Morgan fingerprint density at radius 1 is 0.865 bits per heavy atom. The molecular formula is C27H43N5O3S2. The molecule has 1 heterocycles. The van der Waals surface area contributed by atoms with Crippen molar-refractivity contribution < 1.29 is 13.2 Å². The first kappa shape index (κ1) is 30.9. The Balaban J connectivity index is 1.49. The SMILES string of the molecule is CCCCCCCC/C=C/CCCCCCCC(=O)Nc1nnc(NCc2ccc(S(N)(=O)=O)cc2)s1. The van der Waals surface area contributed by atoms with Gasteiger partial charge in [0.15, 0.2) is 0 Å². The second-order valence-corrected chi connectivity index (χ2v) is 11.9. The number of sulfonamides is 1. The van der Waals surface area contributed by atoms with Crippen LogP contribution in [0.25, 0.3) is 0 Å². The largest absolute Gasteiger partial charge is 0.356 e. The number of anilines is 2. The number of unbranched alkanes of at least 4 members (excludes halogenated alkanes) is 11. The quantitative estimate of drug-likeness (QED) is 0.123. The summed E-state index contributed by atoms with van der Waals surface area (Å²) in [6.45, 7) is 2.70. The number of carbonyl (C=O) groups excluding carboxylic acids is 1. The third-order valence-corrected chi connectivity index (χ3v) is 7.76. The van der Waals surface area contributed by atoms with Gasteiger partial charge in [0.25, 0.3) is 0 Å². The van der Waals surface area contributed by atoms with Crippen LogP contribution in [-0.4, -0.2) is 24.5 Å². The molecule has 1 aromatic heterocycles. The molecule has 0 saturated heterocycles. The van der Waals surface area contributed by atoms with Crippen LogP contribution in [0, 0.1) is 0 Å². The molecule has 8 nitrogen and oxygen atoms in total. The average Bonchev–Trinajstić information content (AvgIpc) is 3.32. The number of rotatable bonds is 20. The summed E-state index contributed by atoms with van der Waals surface area (Å²) in [5, 5.41) is 20.1. The van der Waals surface area contributed by atoms with E-state index in [1.807, 2.05) is 0 Å². The van der Waals surface area contributed by atoms with Crippen LogP contribution < -0.4 is 15.8 Å². The number of allylic oxidation sites excluding steroid dienone is 2. The first-order valence-corrected chi connectivity index (χ1v) is 15.9. The molecule has 0 aliphatic carbocycles. The number of amides is 1. The lowest BCUT2D eigenvalue weighted by Gasteiger charge is -2.04. The first-order valence-electron chi connectivity index (χ1n) is 13.5. The number of carbonyl (C=O) groups is 1. The van der Waals surface area contributed by atoms with Crippen LogP contribution in [0.3, 0.4) is 0 Å². The zero-order valence-corrected chi connectivity index (χ0v) is 23.7. The molecule has 206 valence electrons. The molecule has 0 saturated carbocycles. The smallest absolute Gasteiger partial charge is 0.238 e. The van der Waals surface area contributed by atoms with Gasteiger partial charge in [-0.15, -0.1) is 10.2 Å². The van der Waals surface area contributed by atoms with Gasteiger partial charge in [-0.1, -0.05) is 93.9 Å². The maximum Gasteiger partial charge on any atom is 0.238 e. The van der Waals surface area contributed by atoms with E-state index >= 15 is 0 Å². The Hall–Kier alpha value is -2.30. The van der Waals surface area contributed by atoms with Gasteiger partial charge >= 0.3 is 0 Å². The minimum atomic E-state index is -3.70. The molecule has 0 unspecified atom stereocenters. The zero-order chi connectivity index (χ0) is 26.8. The lowest BCUT2D eigenvalue weighted by Crippen LogP contribution is -2.12. The third kappa shape index (κ3) is 14.3. The van der Waals surface area contributed by atoms with Gasteiger partial charge in [-0.05, 0) is 49.8 Å². The number of benzene rings is 1. The average molecular weight is 550 g/mol. The monoisotopic (exact) mass is 549 g/mol. The van der Waals surface area contributed by atoms with E-state index in [1.165, 1.54) is 81.3 Å². The highest BCUT2D eigenvalue weighted by atomic mass is 32.2. The van der Waals surface area contributed by atoms with Crippen LogP contribution in [0.15, 0.2) is 41.3 Å². The molecular weight excluding hydrogens is 506 g/mol. The fraction of sp³-hybridized carbons (Fsp3) is 0.593. The van der Waals surface area contributed by atoms with Gasteiger partial charge < -0.3 is 10.6 Å². The minimum absolute atomic E-state index is 0.0427. The summed E-state index contributed by atoms with van der Waals surface area (Å²) in [5.41, 5.74) is 0.873. The molecule has 10 heteroatoms. The summed E-state index contributed by atoms with van der Waals surface area (Å²) < 4.78 is 22.6. The minimum Gasteiger partial charge on any atom is -0.356 e. The number of primary sulfonamides is 1. The molecule has 0 aliphatic heterocycles. The van der Waals surface area contributed by atoms with Gasteiger partial charge in [0, 0.05) is 13.0 Å². The van der Waals surface area contributed by atoms with Gasteiger partial charge in [0.2, 0.25) is 26.2 Å². The van der Waals surface area contributed by atoms with Crippen molar-refractivity contribution in [2.75, 3.05) is 10.6 Å². The van der Waals surface area contributed by atoms with Crippen LogP contribution in [0.2, 0.25) is 0 Å². The Bertz CT molecular complexity index is 1040. The lowest BCUT2D eigenvalue weighted by molar-refractivity contribution is -0.116. The Kier molecular flexibility index (Phi) is 15.1. The molecule has 0 bridgehead atoms. The Morgan fingerprint density at radius 3 is 2.05 bits per heavy atom. The molecule has 0 atom stereocenters. The van der Waals surface area contributed by atoms with Gasteiger partial charge in [0.1, 0.15) is 0 Å². The second-order valence-electron chi connectivity index (χ2n) is 9.34. The number of aromatic nitrogens is 2. The van der Waals surface area contributed by atoms with E-state index in [9.17, 15) is 13.2 Å². The van der Waals surface area contributed by atoms with Gasteiger partial charge in [-0.25, -0.2) is 13.6 Å². The van der Waals surface area contributed by atoms with Crippen LogP contribution in [0.4, 0.5) is 10.3 Å². The number of nitrogens with two attached hydrogens (primary N) is 1. The van der Waals surface area contributed by atoms with Crippen LogP contribution in [-0.2, 0) is 21.4 Å². The Labute approximate surface area is 226 Å². The summed E-state index contributed by atoms with van der Waals surface area (Å²) in [4.78, 5) is 12.3. The van der Waals surface area contributed by atoms with Crippen molar-refractivity contribution in [2.45, 2.75) is 108 Å². The molecule has 0 radical (unpaired) electrons. The second kappa shape index (κ2) is 18.0. The molecule has 0 fully saturated rings. The van der Waals surface area contributed by atoms with Crippen LogP contribution in [0.1, 0.15) is 102 Å². The molecule has 0 spiro atoms. The first-order chi connectivity index (χ1) is 17.9. The van der Waals surface area contributed by atoms with E-state index in [-0.39, 0.29) is 10.8 Å². The summed E-state index contributed by atoms with van der Waals surface area (Å²) in [6, 6.07) is 6.30. The van der Waals surface area contributed by atoms with E-state index in [2.05, 4.69) is 39.9 Å². The highest BCUT2D eigenvalue weighted by molar-refractivity contribution is 7.89. The number of hydrogen-bond acceptors (Lipinski definition) is 7. The van der Waals surface area contributed by atoms with Crippen molar-refractivity contribution in [1.29, 1.82) is 0 Å². The van der Waals surface area contributed by atoms with Crippen molar-refractivity contribution in [2.24, 2.45) is 5.14 Å². The van der Waals surface area contributed by atoms with E-state index in [0.29, 0.717) is 23.2 Å². The fourth-order valence-electron chi connectivity index (χ4n) is 3.86. The van der Waals surface area contributed by atoms with Crippen molar-refractivity contribution in [3.8, 4) is 0 Å². The van der Waals surface area contributed by atoms with Gasteiger partial charge in [-0.3, -0.25) is 4.79 Å². The van der Waals surface area contributed by atoms with Crippen molar-refractivity contribution in [3.05, 3.63) is 42.0 Å². The molecule has 4 N–H and O–H groups in total. The number of nitrogens with zero attached hydrogens (tertiary/aromatic N) is 2. The normalized spacial score (nSPS) is 11.7. The van der Waals surface area contributed by atoms with Crippen molar-refractivity contribution >= 4 is 37.5 Å². The van der Waals surface area contributed by atoms with Crippen LogP contribution in [0.5, 0.6) is 0 Å². The van der Waals surface area contributed by atoms with E-state index in [4.69, 9.17) is 5.14 Å². The molecule has 2 aromatic rings. The predicted octanol–water partition coefficient (Wildman–Crippen LogP) is 6.77. The fourth-order valence-corrected chi connectivity index (χ4v) is 5.03. The summed E-state index contributed by atoms with van der Waals surface area (Å²) in [5.74, 6) is -0.0427. The third-order valence-electron chi connectivity index (χ3n) is 6.03. The maximum atomic E-state index is 12.2. The van der Waals surface area contributed by atoms with E-state index < -0.39 is 10.0 Å². The summed E-state index contributed by atoms with van der Waals surface area (Å²) >= 11 is 1.26. The topological polar surface area (TPSA) is 127 Å². The molecule has 1 amide bonds. The van der Waals surface area contributed by atoms with Crippen molar-refractivity contribution in [1.82, 2.24) is 10.2 Å². The standard InChI is InChI=1S/C27H43N5O3S2/c1-2-3-4-5-6-7-8-9-10-11-12-13-14-15-16-17-25(33)30-27-32-31-26(36-27)29-22-23-18-20-24(21-19-23)37(28,34)35/h9-10,18-21H,2-8,11-17,22H2,1H3,(H,29,31)(H2,28,34,35)(H,30,32,33)/b10-9+. The highest BCUT2D eigenvalue weighted by Gasteiger charge is 2.09. The highest BCUT2D eigenvalue weighted by Crippen LogP contribution is 2.21. The van der Waals surface area contributed by atoms with Gasteiger partial charge in [0.05, 0.1) is 4.90 Å². The predicted molar refractivity (Wildman–Crippen MR) is 153 cm³/mol. The van der Waals surface area contributed by atoms with Crippen molar-refractivity contribution in [3.63, 3.8) is 0 Å². The molecule has 2 rings (SSSR count). The summed E-state index contributed by atoms with van der Waals surface area (Å²) in [7, 11) is -3.70. The van der Waals surface area contributed by atoms with E-state index in [1.54, 1.807) is 12.1 Å². The van der Waals surface area contributed by atoms with Crippen LogP contribution >= 0.6 is 11.3 Å². The molecule has 0 aliphatic rings. The Morgan fingerprint density at radius 2 is 1.43 bits per heavy atom. The lowest BCUT2D eigenvalue weighted by atomic mass is 10.1. The molecule has 37 heavy (non-hydrogen) atoms. The van der Waals surface area contributed by atoms with E-state index in [0.717, 1.165) is 31.2 Å². The van der Waals surface area contributed by atoms with Gasteiger partial charge in [-0.2, -0.15) is 0 Å². The maximum absolute atomic E-state index is 12.2. The molecule has 1 aromatic carbocycles. The summed E-state index contributed by atoms with van der Waals surface area (Å²) in [6.07, 6.45) is 21.2. The number of hydrogen-bond donors (Lipinski definition) is 3. The number of nitrogens with one attached hydrogen (secondary N) is 2.